The highest BCUT2D eigenvalue weighted by molar-refractivity contribution is 5.79. The Morgan fingerprint density at radius 3 is 2.86 bits per heavy atom. The Morgan fingerprint density at radius 1 is 1.33 bits per heavy atom. The summed E-state index contributed by atoms with van der Waals surface area (Å²) in [7, 11) is 0. The SMILES string of the molecule is N#Cc1ccc(NCCNC(=O)C2CC3CCC2C3)nc1. The summed E-state index contributed by atoms with van der Waals surface area (Å²) in [6.07, 6.45) is 6.43. The van der Waals surface area contributed by atoms with Crippen molar-refractivity contribution >= 4 is 11.7 Å². The summed E-state index contributed by atoms with van der Waals surface area (Å²) >= 11 is 0. The fraction of sp³-hybridized carbons (Fsp3) is 0.562. The minimum atomic E-state index is 0.219. The average Bonchev–Trinajstić information content (AvgIpc) is 3.15. The molecule has 2 saturated carbocycles. The molecule has 2 bridgehead atoms. The summed E-state index contributed by atoms with van der Waals surface area (Å²) in [6.45, 7) is 1.25. The van der Waals surface area contributed by atoms with Gasteiger partial charge in [0.15, 0.2) is 0 Å². The van der Waals surface area contributed by atoms with E-state index in [1.54, 1.807) is 12.1 Å². The number of nitrogens with zero attached hydrogens (tertiary/aromatic N) is 2. The molecule has 2 N–H and O–H groups in total. The van der Waals surface area contributed by atoms with E-state index in [-0.39, 0.29) is 11.8 Å². The van der Waals surface area contributed by atoms with E-state index < -0.39 is 0 Å². The molecule has 3 rings (SSSR count). The van der Waals surface area contributed by atoms with Crippen LogP contribution in [0.1, 0.15) is 31.2 Å². The third kappa shape index (κ3) is 3.15. The van der Waals surface area contributed by atoms with E-state index in [0.29, 0.717) is 24.6 Å². The number of aromatic nitrogens is 1. The molecule has 0 spiro atoms. The summed E-state index contributed by atoms with van der Waals surface area (Å²) in [4.78, 5) is 16.3. The van der Waals surface area contributed by atoms with Gasteiger partial charge < -0.3 is 10.6 Å². The number of hydrogen-bond acceptors (Lipinski definition) is 4. The van der Waals surface area contributed by atoms with Gasteiger partial charge >= 0.3 is 0 Å². The number of pyridine rings is 1. The van der Waals surface area contributed by atoms with Crippen LogP contribution in [-0.4, -0.2) is 24.0 Å². The lowest BCUT2D eigenvalue weighted by molar-refractivity contribution is -0.126. The fourth-order valence-corrected chi connectivity index (χ4v) is 3.64. The second kappa shape index (κ2) is 6.13. The maximum atomic E-state index is 12.1. The standard InChI is InChI=1S/C16H20N4O/c17-9-12-2-4-15(20-10-12)18-5-6-19-16(21)14-8-11-1-3-13(14)7-11/h2,4,10-11,13-14H,1,3,5-8H2,(H,18,20)(H,19,21). The highest BCUT2D eigenvalue weighted by Crippen LogP contribution is 2.48. The molecule has 0 saturated heterocycles. The zero-order valence-electron chi connectivity index (χ0n) is 12.0. The first kappa shape index (κ1) is 13.9. The van der Waals surface area contributed by atoms with Gasteiger partial charge in [-0.25, -0.2) is 4.98 Å². The van der Waals surface area contributed by atoms with Crippen molar-refractivity contribution in [3.63, 3.8) is 0 Å². The van der Waals surface area contributed by atoms with Crippen LogP contribution in [0.4, 0.5) is 5.82 Å². The maximum Gasteiger partial charge on any atom is 0.223 e. The van der Waals surface area contributed by atoms with Crippen LogP contribution >= 0.6 is 0 Å². The Labute approximate surface area is 124 Å². The Kier molecular flexibility index (Phi) is 4.05. The van der Waals surface area contributed by atoms with Gasteiger partial charge in [0.1, 0.15) is 11.9 Å². The van der Waals surface area contributed by atoms with E-state index in [1.807, 2.05) is 6.07 Å². The Balaban J connectivity index is 1.38. The molecule has 5 nitrogen and oxygen atoms in total. The summed E-state index contributed by atoms with van der Waals surface area (Å²) in [5, 5.41) is 14.9. The van der Waals surface area contributed by atoms with Crippen molar-refractivity contribution < 1.29 is 4.79 Å². The van der Waals surface area contributed by atoms with E-state index in [1.165, 1.54) is 25.5 Å². The quantitative estimate of drug-likeness (QED) is 0.810. The number of carbonyl (C=O) groups is 1. The number of anilines is 1. The topological polar surface area (TPSA) is 77.8 Å². The van der Waals surface area contributed by atoms with Crippen LogP contribution in [0.5, 0.6) is 0 Å². The molecule has 3 unspecified atom stereocenters. The molecule has 0 aliphatic heterocycles. The molecule has 5 heteroatoms. The van der Waals surface area contributed by atoms with Gasteiger partial charge in [0.05, 0.1) is 5.56 Å². The maximum absolute atomic E-state index is 12.1. The van der Waals surface area contributed by atoms with Gasteiger partial charge in [0.25, 0.3) is 0 Å². The van der Waals surface area contributed by atoms with Crippen LogP contribution in [-0.2, 0) is 4.79 Å². The van der Waals surface area contributed by atoms with Crippen molar-refractivity contribution in [1.82, 2.24) is 10.3 Å². The normalized spacial score (nSPS) is 26.3. The van der Waals surface area contributed by atoms with Crippen molar-refractivity contribution in [3.05, 3.63) is 23.9 Å². The van der Waals surface area contributed by atoms with Gasteiger partial charge in [0.2, 0.25) is 5.91 Å². The minimum Gasteiger partial charge on any atom is -0.368 e. The Bertz CT molecular complexity index is 548. The summed E-state index contributed by atoms with van der Waals surface area (Å²) in [6, 6.07) is 5.53. The number of amides is 1. The Morgan fingerprint density at radius 2 is 2.24 bits per heavy atom. The highest BCUT2D eigenvalue weighted by atomic mass is 16.1. The van der Waals surface area contributed by atoms with Gasteiger partial charge in [-0.15, -0.1) is 0 Å². The lowest BCUT2D eigenvalue weighted by Gasteiger charge is -2.20. The minimum absolute atomic E-state index is 0.219. The molecule has 1 aromatic rings. The molecule has 110 valence electrons. The zero-order valence-corrected chi connectivity index (χ0v) is 12.0. The van der Waals surface area contributed by atoms with Crippen LogP contribution in [0.2, 0.25) is 0 Å². The number of rotatable bonds is 5. The molecule has 0 aromatic carbocycles. The molecular formula is C16H20N4O. The van der Waals surface area contributed by atoms with Gasteiger partial charge in [0, 0.05) is 25.2 Å². The third-order valence-electron chi connectivity index (χ3n) is 4.70. The van der Waals surface area contributed by atoms with Crippen LogP contribution in [0.3, 0.4) is 0 Å². The largest absolute Gasteiger partial charge is 0.368 e. The van der Waals surface area contributed by atoms with Crippen molar-refractivity contribution in [3.8, 4) is 6.07 Å². The molecule has 3 atom stereocenters. The third-order valence-corrected chi connectivity index (χ3v) is 4.70. The predicted molar refractivity (Wildman–Crippen MR) is 79.4 cm³/mol. The molecule has 2 aliphatic rings. The number of nitrogens with one attached hydrogen (secondary N) is 2. The van der Waals surface area contributed by atoms with E-state index in [4.69, 9.17) is 5.26 Å². The van der Waals surface area contributed by atoms with Gasteiger partial charge in [-0.3, -0.25) is 4.79 Å². The lowest BCUT2D eigenvalue weighted by atomic mass is 9.88. The van der Waals surface area contributed by atoms with Crippen LogP contribution < -0.4 is 10.6 Å². The summed E-state index contributed by atoms with van der Waals surface area (Å²) in [5.41, 5.74) is 0.546. The number of hydrogen-bond donors (Lipinski definition) is 2. The van der Waals surface area contributed by atoms with Gasteiger partial charge in [-0.05, 0) is 43.2 Å². The van der Waals surface area contributed by atoms with Crippen molar-refractivity contribution in [2.75, 3.05) is 18.4 Å². The predicted octanol–water partition coefficient (Wildman–Crippen LogP) is 1.92. The van der Waals surface area contributed by atoms with Crippen LogP contribution in [0.15, 0.2) is 18.3 Å². The smallest absolute Gasteiger partial charge is 0.223 e. The molecule has 2 fully saturated rings. The fourth-order valence-electron chi connectivity index (χ4n) is 3.64. The molecule has 0 radical (unpaired) electrons. The summed E-state index contributed by atoms with van der Waals surface area (Å²) < 4.78 is 0. The van der Waals surface area contributed by atoms with Crippen molar-refractivity contribution in [2.45, 2.75) is 25.7 Å². The molecule has 21 heavy (non-hydrogen) atoms. The summed E-state index contributed by atoms with van der Waals surface area (Å²) in [5.74, 6) is 2.62. The van der Waals surface area contributed by atoms with E-state index >= 15 is 0 Å². The van der Waals surface area contributed by atoms with Gasteiger partial charge in [-0.1, -0.05) is 6.42 Å². The van der Waals surface area contributed by atoms with E-state index in [2.05, 4.69) is 15.6 Å². The first-order valence-electron chi connectivity index (χ1n) is 7.64. The molecule has 1 amide bonds. The lowest BCUT2D eigenvalue weighted by Crippen LogP contribution is -2.36. The molecule has 1 aromatic heterocycles. The van der Waals surface area contributed by atoms with Crippen LogP contribution in [0, 0.1) is 29.1 Å². The number of fused-ring (bicyclic) bond motifs is 2. The van der Waals surface area contributed by atoms with Crippen molar-refractivity contribution in [2.24, 2.45) is 17.8 Å². The molecule has 1 heterocycles. The second-order valence-corrected chi connectivity index (χ2v) is 6.04. The highest BCUT2D eigenvalue weighted by Gasteiger charge is 2.42. The Hall–Kier alpha value is -2.09. The first-order valence-corrected chi connectivity index (χ1v) is 7.64. The monoisotopic (exact) mass is 284 g/mol. The van der Waals surface area contributed by atoms with E-state index in [0.717, 1.165) is 18.2 Å². The first-order chi connectivity index (χ1) is 10.3. The molecular weight excluding hydrogens is 264 g/mol. The van der Waals surface area contributed by atoms with Gasteiger partial charge in [-0.2, -0.15) is 5.26 Å². The average molecular weight is 284 g/mol. The molecule has 2 aliphatic carbocycles. The van der Waals surface area contributed by atoms with E-state index in [9.17, 15) is 4.79 Å². The van der Waals surface area contributed by atoms with Crippen LogP contribution in [0.25, 0.3) is 0 Å². The second-order valence-electron chi connectivity index (χ2n) is 6.04. The number of nitriles is 1. The zero-order chi connectivity index (χ0) is 14.7. The van der Waals surface area contributed by atoms with Crippen molar-refractivity contribution in [1.29, 1.82) is 5.26 Å². The number of carbonyl (C=O) groups excluding carboxylic acids is 1.